The molecule has 1 atom stereocenters. The van der Waals surface area contributed by atoms with E-state index in [1.54, 1.807) is 36.3 Å². The van der Waals surface area contributed by atoms with Gasteiger partial charge in [-0.3, -0.25) is 4.79 Å². The Kier molecular flexibility index (Phi) is 5.54. The van der Waals surface area contributed by atoms with Gasteiger partial charge < -0.3 is 14.6 Å². The quantitative estimate of drug-likeness (QED) is 0.514. The van der Waals surface area contributed by atoms with Gasteiger partial charge in [0, 0.05) is 25.6 Å². The maximum absolute atomic E-state index is 13.0. The molecule has 0 aliphatic rings. The van der Waals surface area contributed by atoms with Gasteiger partial charge in [0.15, 0.2) is 5.69 Å². The van der Waals surface area contributed by atoms with Gasteiger partial charge in [0.2, 0.25) is 0 Å². The number of ether oxygens (including phenoxy) is 1. The molecule has 30 heavy (non-hydrogen) atoms. The number of nitrogens with zero attached hydrogens (tertiary/aromatic N) is 4. The van der Waals surface area contributed by atoms with Crippen LogP contribution in [0.2, 0.25) is 5.02 Å². The SMILES string of the molecule is COc1ccc(C(NC(=O)c2ccn(-c3ccccc3Cl)n2)c2nccn2C)cc1. The Balaban J connectivity index is 1.62. The van der Waals surface area contributed by atoms with Gasteiger partial charge in [-0.05, 0) is 35.9 Å². The van der Waals surface area contributed by atoms with Crippen LogP contribution in [0.15, 0.2) is 73.2 Å². The van der Waals surface area contributed by atoms with E-state index in [0.717, 1.165) is 11.3 Å². The van der Waals surface area contributed by atoms with Gasteiger partial charge in [0.1, 0.15) is 17.6 Å². The van der Waals surface area contributed by atoms with Gasteiger partial charge in [-0.1, -0.05) is 35.9 Å². The summed E-state index contributed by atoms with van der Waals surface area (Å²) in [7, 11) is 3.50. The molecule has 152 valence electrons. The van der Waals surface area contributed by atoms with Crippen LogP contribution in [-0.2, 0) is 7.05 Å². The van der Waals surface area contributed by atoms with E-state index >= 15 is 0 Å². The molecule has 2 aromatic heterocycles. The number of carbonyl (C=O) groups is 1. The third kappa shape index (κ3) is 3.92. The van der Waals surface area contributed by atoms with Crippen molar-refractivity contribution >= 4 is 17.5 Å². The number of nitrogens with one attached hydrogen (secondary N) is 1. The molecule has 1 amide bonds. The average molecular weight is 422 g/mol. The third-order valence-corrected chi connectivity index (χ3v) is 5.08. The number of amides is 1. The highest BCUT2D eigenvalue weighted by Gasteiger charge is 2.23. The molecule has 0 bridgehead atoms. The molecular weight excluding hydrogens is 402 g/mol. The van der Waals surface area contributed by atoms with Crippen LogP contribution in [0.3, 0.4) is 0 Å². The number of aromatic nitrogens is 4. The summed E-state index contributed by atoms with van der Waals surface area (Å²) in [4.78, 5) is 17.4. The number of halogens is 1. The minimum Gasteiger partial charge on any atom is -0.497 e. The average Bonchev–Trinajstić information content (AvgIpc) is 3.42. The van der Waals surface area contributed by atoms with E-state index in [4.69, 9.17) is 16.3 Å². The zero-order valence-corrected chi connectivity index (χ0v) is 17.2. The first-order valence-corrected chi connectivity index (χ1v) is 9.67. The predicted molar refractivity (Wildman–Crippen MR) is 114 cm³/mol. The van der Waals surface area contributed by atoms with Crippen molar-refractivity contribution in [2.24, 2.45) is 7.05 Å². The van der Waals surface area contributed by atoms with Crippen molar-refractivity contribution in [2.45, 2.75) is 6.04 Å². The molecule has 0 aliphatic heterocycles. The Morgan fingerprint density at radius 2 is 1.87 bits per heavy atom. The first kappa shape index (κ1) is 19.7. The number of methoxy groups -OCH3 is 1. The van der Waals surface area contributed by atoms with Crippen LogP contribution >= 0.6 is 11.6 Å². The number of aryl methyl sites for hydroxylation is 1. The Bertz CT molecular complexity index is 1170. The van der Waals surface area contributed by atoms with E-state index in [0.29, 0.717) is 16.5 Å². The van der Waals surface area contributed by atoms with Crippen LogP contribution in [0.5, 0.6) is 5.75 Å². The topological polar surface area (TPSA) is 74.0 Å². The van der Waals surface area contributed by atoms with E-state index in [-0.39, 0.29) is 11.6 Å². The van der Waals surface area contributed by atoms with Crippen LogP contribution in [-0.4, -0.2) is 32.3 Å². The van der Waals surface area contributed by atoms with E-state index in [2.05, 4.69) is 15.4 Å². The normalized spacial score (nSPS) is 11.8. The maximum atomic E-state index is 13.0. The van der Waals surface area contributed by atoms with Crippen molar-refractivity contribution < 1.29 is 9.53 Å². The Hall–Kier alpha value is -3.58. The summed E-state index contributed by atoms with van der Waals surface area (Å²) < 4.78 is 8.69. The molecular formula is C22H20ClN5O2. The summed E-state index contributed by atoms with van der Waals surface area (Å²) in [5.41, 5.74) is 1.86. The lowest BCUT2D eigenvalue weighted by molar-refractivity contribution is 0.0935. The van der Waals surface area contributed by atoms with Crippen molar-refractivity contribution in [3.63, 3.8) is 0 Å². The number of hydrogen-bond donors (Lipinski definition) is 1. The van der Waals surface area contributed by atoms with Crippen molar-refractivity contribution in [1.82, 2.24) is 24.6 Å². The lowest BCUT2D eigenvalue weighted by atomic mass is 10.1. The summed E-state index contributed by atoms with van der Waals surface area (Å²) in [6.07, 6.45) is 5.24. The first-order valence-electron chi connectivity index (χ1n) is 9.29. The number of rotatable bonds is 6. The zero-order chi connectivity index (χ0) is 21.1. The molecule has 8 heteroatoms. The number of carbonyl (C=O) groups excluding carboxylic acids is 1. The van der Waals surface area contributed by atoms with Crippen LogP contribution in [0, 0.1) is 0 Å². The smallest absolute Gasteiger partial charge is 0.272 e. The fraction of sp³-hybridized carbons (Fsp3) is 0.136. The molecule has 4 aromatic rings. The van der Waals surface area contributed by atoms with Crippen LogP contribution in [0.1, 0.15) is 27.9 Å². The van der Waals surface area contributed by atoms with E-state index in [9.17, 15) is 4.79 Å². The largest absolute Gasteiger partial charge is 0.497 e. The molecule has 7 nitrogen and oxygen atoms in total. The number of imidazole rings is 1. The molecule has 2 aromatic carbocycles. The first-order chi connectivity index (χ1) is 14.6. The zero-order valence-electron chi connectivity index (χ0n) is 16.5. The lowest BCUT2D eigenvalue weighted by Crippen LogP contribution is -2.31. The molecule has 0 spiro atoms. The van der Waals surface area contributed by atoms with Gasteiger partial charge in [-0.25, -0.2) is 9.67 Å². The van der Waals surface area contributed by atoms with Crippen molar-refractivity contribution in [2.75, 3.05) is 7.11 Å². The predicted octanol–water partition coefficient (Wildman–Crippen LogP) is 3.79. The van der Waals surface area contributed by atoms with Crippen LogP contribution < -0.4 is 10.1 Å². The van der Waals surface area contributed by atoms with Gasteiger partial charge in [0.25, 0.3) is 5.91 Å². The van der Waals surface area contributed by atoms with Crippen molar-refractivity contribution in [1.29, 1.82) is 0 Å². The molecule has 0 saturated heterocycles. The van der Waals surface area contributed by atoms with Crippen LogP contribution in [0.25, 0.3) is 5.69 Å². The van der Waals surface area contributed by atoms with Crippen molar-refractivity contribution in [3.05, 3.63) is 95.3 Å². The van der Waals surface area contributed by atoms with Crippen molar-refractivity contribution in [3.8, 4) is 11.4 Å². The third-order valence-electron chi connectivity index (χ3n) is 4.76. The fourth-order valence-corrected chi connectivity index (χ4v) is 3.39. The summed E-state index contributed by atoms with van der Waals surface area (Å²) in [6.45, 7) is 0. The summed E-state index contributed by atoms with van der Waals surface area (Å²) in [5.74, 6) is 1.13. The lowest BCUT2D eigenvalue weighted by Gasteiger charge is -2.19. The minimum absolute atomic E-state index is 0.280. The second-order valence-electron chi connectivity index (χ2n) is 6.67. The number of hydrogen-bond acceptors (Lipinski definition) is 4. The Morgan fingerprint density at radius 1 is 1.10 bits per heavy atom. The minimum atomic E-state index is -0.450. The summed E-state index contributed by atoms with van der Waals surface area (Å²) in [6, 6.07) is 16.0. The Morgan fingerprint density at radius 3 is 2.53 bits per heavy atom. The fourth-order valence-electron chi connectivity index (χ4n) is 3.17. The monoisotopic (exact) mass is 421 g/mol. The molecule has 2 heterocycles. The van der Waals surface area contributed by atoms with E-state index in [1.807, 2.05) is 60.3 Å². The molecule has 0 fully saturated rings. The van der Waals surface area contributed by atoms with Gasteiger partial charge >= 0.3 is 0 Å². The molecule has 0 radical (unpaired) electrons. The Labute approximate surface area is 178 Å². The highest BCUT2D eigenvalue weighted by molar-refractivity contribution is 6.32. The summed E-state index contributed by atoms with van der Waals surface area (Å²) >= 11 is 6.24. The molecule has 0 saturated carbocycles. The molecule has 1 unspecified atom stereocenters. The number of para-hydroxylation sites is 1. The highest BCUT2D eigenvalue weighted by atomic mass is 35.5. The molecule has 4 rings (SSSR count). The molecule has 1 N–H and O–H groups in total. The van der Waals surface area contributed by atoms with Gasteiger partial charge in [-0.2, -0.15) is 5.10 Å². The second kappa shape index (κ2) is 8.42. The van der Waals surface area contributed by atoms with Gasteiger partial charge in [0.05, 0.1) is 17.8 Å². The number of benzene rings is 2. The maximum Gasteiger partial charge on any atom is 0.272 e. The standard InChI is InChI=1S/C22H20ClN5O2/c1-27-14-12-24-21(27)20(15-7-9-16(30-2)10-8-15)25-22(29)18-11-13-28(26-18)19-6-4-3-5-17(19)23/h3-14,20H,1-2H3,(H,25,29). The van der Waals surface area contributed by atoms with E-state index in [1.165, 1.54) is 0 Å². The highest BCUT2D eigenvalue weighted by Crippen LogP contribution is 2.24. The summed E-state index contributed by atoms with van der Waals surface area (Å²) in [5, 5.41) is 7.98. The second-order valence-corrected chi connectivity index (χ2v) is 7.08. The van der Waals surface area contributed by atoms with E-state index < -0.39 is 6.04 Å². The van der Waals surface area contributed by atoms with Crippen LogP contribution in [0.4, 0.5) is 0 Å². The van der Waals surface area contributed by atoms with Gasteiger partial charge in [-0.15, -0.1) is 0 Å². The molecule has 0 aliphatic carbocycles.